The molecule has 0 amide bonds. The van der Waals surface area contributed by atoms with Gasteiger partial charge in [-0.1, -0.05) is 13.0 Å². The molecule has 1 saturated heterocycles. The number of fused-ring (bicyclic) bond motifs is 2. The van der Waals surface area contributed by atoms with Crippen molar-refractivity contribution in [2.45, 2.75) is 32.4 Å². The minimum absolute atomic E-state index is 0.0925. The predicted molar refractivity (Wildman–Crippen MR) is 115 cm³/mol. The molecule has 0 saturated carbocycles. The molecule has 0 spiro atoms. The van der Waals surface area contributed by atoms with Crippen LogP contribution in [0.3, 0.4) is 0 Å². The molecule has 3 aromatic heterocycles. The molecule has 160 valence electrons. The summed E-state index contributed by atoms with van der Waals surface area (Å²) in [6.07, 6.45) is 4.12. The van der Waals surface area contributed by atoms with E-state index in [2.05, 4.69) is 26.8 Å². The van der Waals surface area contributed by atoms with Crippen molar-refractivity contribution in [2.75, 3.05) is 19.6 Å². The number of benzene rings is 1. The third kappa shape index (κ3) is 3.40. The highest BCUT2D eigenvalue weighted by Crippen LogP contribution is 2.35. The zero-order valence-corrected chi connectivity index (χ0v) is 17.5. The Morgan fingerprint density at radius 2 is 1.90 bits per heavy atom. The average Bonchev–Trinajstić information content (AvgIpc) is 3.15. The van der Waals surface area contributed by atoms with E-state index in [1.807, 2.05) is 0 Å². The predicted octanol–water partition coefficient (Wildman–Crippen LogP) is 3.97. The van der Waals surface area contributed by atoms with Crippen LogP contribution in [0, 0.1) is 12.7 Å². The number of aryl methyl sites for hydroxylation is 1. The van der Waals surface area contributed by atoms with Gasteiger partial charge in [-0.25, -0.2) is 18.7 Å². The molecule has 1 N–H and O–H groups in total. The molecule has 0 atom stereocenters. The molecule has 0 aliphatic carbocycles. The van der Waals surface area contributed by atoms with Crippen LogP contribution < -0.4 is 5.56 Å². The fourth-order valence-electron chi connectivity index (χ4n) is 4.33. The molecule has 0 bridgehead atoms. The molecule has 1 aliphatic rings. The second kappa shape index (κ2) is 7.23. The number of nitrogens with zero attached hydrogens (tertiary/aromatic N) is 4. The van der Waals surface area contributed by atoms with Crippen molar-refractivity contribution in [3.8, 4) is 11.1 Å². The number of rotatable bonds is 3. The van der Waals surface area contributed by atoms with Crippen LogP contribution in [0.25, 0.3) is 27.7 Å². The number of imidazole rings is 1. The largest absolute Gasteiger partial charge is 0.307 e. The van der Waals surface area contributed by atoms with Gasteiger partial charge in [0.15, 0.2) is 17.1 Å². The molecule has 5 rings (SSSR count). The monoisotopic (exact) mass is 423 g/mol. The van der Waals surface area contributed by atoms with Gasteiger partial charge in [-0.3, -0.25) is 4.79 Å². The molecule has 0 unspecified atom stereocenters. The molecular formula is C23H23F2N5O. The summed E-state index contributed by atoms with van der Waals surface area (Å²) < 4.78 is 31.7. The number of hydrogen-bond acceptors (Lipinski definition) is 4. The van der Waals surface area contributed by atoms with Crippen LogP contribution in [-0.4, -0.2) is 43.9 Å². The SMILES string of the molecule is CCN1CCC(F)(c2nc3ccc(-c4cc(F)c5nc(C)cn5c4)cc3c(=O)[nH]2)CC1. The first-order chi connectivity index (χ1) is 14.9. The molecule has 0 radical (unpaired) electrons. The summed E-state index contributed by atoms with van der Waals surface area (Å²) in [6, 6.07) is 6.53. The molecule has 1 fully saturated rings. The quantitative estimate of drug-likeness (QED) is 0.542. The van der Waals surface area contributed by atoms with Gasteiger partial charge in [-0.05, 0) is 37.2 Å². The lowest BCUT2D eigenvalue weighted by Gasteiger charge is -2.35. The summed E-state index contributed by atoms with van der Waals surface area (Å²) >= 11 is 0. The standard InChI is InChI=1S/C23H23F2N5O/c1-3-29-8-6-23(25,7-9-29)22-27-19-5-4-15(10-17(19)21(31)28-22)16-11-18(24)20-26-14(2)12-30(20)13-16/h4-5,10-13H,3,6-9H2,1-2H3,(H,27,28,31). The normalized spacial score (nSPS) is 16.9. The number of hydrogen-bond donors (Lipinski definition) is 1. The maximum absolute atomic E-state index is 15.6. The van der Waals surface area contributed by atoms with Gasteiger partial charge in [0.05, 0.1) is 16.6 Å². The lowest BCUT2D eigenvalue weighted by Crippen LogP contribution is -2.41. The molecule has 1 aromatic carbocycles. The Hall–Kier alpha value is -3.13. The number of likely N-dealkylation sites (tertiary alicyclic amines) is 1. The van der Waals surface area contributed by atoms with E-state index in [0.717, 1.165) is 6.54 Å². The Bertz CT molecular complexity index is 1350. The van der Waals surface area contributed by atoms with Gasteiger partial charge in [-0.2, -0.15) is 0 Å². The molecular weight excluding hydrogens is 400 g/mol. The molecule has 4 aromatic rings. The zero-order chi connectivity index (χ0) is 21.8. The molecule has 8 heteroatoms. The molecule has 6 nitrogen and oxygen atoms in total. The zero-order valence-electron chi connectivity index (χ0n) is 17.5. The number of pyridine rings is 1. The minimum Gasteiger partial charge on any atom is -0.307 e. The Balaban J connectivity index is 1.55. The van der Waals surface area contributed by atoms with Crippen LogP contribution in [0.5, 0.6) is 0 Å². The van der Waals surface area contributed by atoms with E-state index >= 15 is 4.39 Å². The van der Waals surface area contributed by atoms with Gasteiger partial charge in [0.1, 0.15) is 5.82 Å². The average molecular weight is 423 g/mol. The lowest BCUT2D eigenvalue weighted by atomic mass is 9.92. The number of aromatic amines is 1. The summed E-state index contributed by atoms with van der Waals surface area (Å²) in [5.74, 6) is -0.347. The molecule has 1 aliphatic heterocycles. The van der Waals surface area contributed by atoms with Crippen molar-refractivity contribution in [2.24, 2.45) is 0 Å². The number of aromatic nitrogens is 4. The van der Waals surface area contributed by atoms with Crippen LogP contribution in [0.2, 0.25) is 0 Å². The van der Waals surface area contributed by atoms with Crippen molar-refractivity contribution in [3.63, 3.8) is 0 Å². The maximum atomic E-state index is 15.6. The topological polar surface area (TPSA) is 66.3 Å². The van der Waals surface area contributed by atoms with E-state index in [4.69, 9.17) is 0 Å². The number of H-pyrrole nitrogens is 1. The maximum Gasteiger partial charge on any atom is 0.258 e. The second-order valence-corrected chi connectivity index (χ2v) is 8.24. The smallest absolute Gasteiger partial charge is 0.258 e. The highest BCUT2D eigenvalue weighted by molar-refractivity contribution is 5.84. The van der Waals surface area contributed by atoms with Crippen LogP contribution >= 0.6 is 0 Å². The van der Waals surface area contributed by atoms with Crippen LogP contribution in [0.4, 0.5) is 8.78 Å². The van der Waals surface area contributed by atoms with Crippen molar-refractivity contribution in [1.29, 1.82) is 0 Å². The van der Waals surface area contributed by atoms with Gasteiger partial charge in [0.2, 0.25) is 0 Å². The first-order valence-electron chi connectivity index (χ1n) is 10.5. The minimum atomic E-state index is -1.63. The number of alkyl halides is 1. The number of piperidine rings is 1. The lowest BCUT2D eigenvalue weighted by molar-refractivity contribution is 0.0508. The first-order valence-corrected chi connectivity index (χ1v) is 10.5. The number of halogens is 2. The van der Waals surface area contributed by atoms with E-state index in [-0.39, 0.29) is 11.5 Å². The van der Waals surface area contributed by atoms with Crippen molar-refractivity contribution in [1.82, 2.24) is 24.3 Å². The van der Waals surface area contributed by atoms with E-state index in [9.17, 15) is 9.18 Å². The second-order valence-electron chi connectivity index (χ2n) is 8.24. The van der Waals surface area contributed by atoms with E-state index in [0.29, 0.717) is 53.7 Å². The van der Waals surface area contributed by atoms with Gasteiger partial charge < -0.3 is 14.3 Å². The van der Waals surface area contributed by atoms with Crippen LogP contribution in [0.15, 0.2) is 41.5 Å². The third-order valence-electron chi connectivity index (χ3n) is 6.19. The third-order valence-corrected chi connectivity index (χ3v) is 6.19. The van der Waals surface area contributed by atoms with Crippen molar-refractivity contribution < 1.29 is 8.78 Å². The Kier molecular flexibility index (Phi) is 4.62. The van der Waals surface area contributed by atoms with Gasteiger partial charge in [0, 0.05) is 43.9 Å². The Labute approximate surface area is 177 Å². The van der Waals surface area contributed by atoms with Crippen LogP contribution in [-0.2, 0) is 5.67 Å². The van der Waals surface area contributed by atoms with Crippen LogP contribution in [0.1, 0.15) is 31.3 Å². The van der Waals surface area contributed by atoms with Crippen molar-refractivity contribution in [3.05, 3.63) is 64.3 Å². The van der Waals surface area contributed by atoms with Gasteiger partial charge >= 0.3 is 0 Å². The van der Waals surface area contributed by atoms with E-state index in [1.54, 1.807) is 41.9 Å². The fraction of sp³-hybridized carbons (Fsp3) is 0.348. The summed E-state index contributed by atoms with van der Waals surface area (Å²) in [7, 11) is 0. The highest BCUT2D eigenvalue weighted by atomic mass is 19.1. The number of nitrogens with one attached hydrogen (secondary N) is 1. The molecule has 31 heavy (non-hydrogen) atoms. The summed E-state index contributed by atoms with van der Waals surface area (Å²) in [5, 5.41) is 0.346. The first kappa shape index (κ1) is 19.8. The summed E-state index contributed by atoms with van der Waals surface area (Å²) in [6.45, 7) is 6.00. The van der Waals surface area contributed by atoms with Crippen molar-refractivity contribution >= 4 is 16.6 Å². The van der Waals surface area contributed by atoms with E-state index < -0.39 is 17.0 Å². The van der Waals surface area contributed by atoms with E-state index in [1.165, 1.54) is 6.07 Å². The van der Waals surface area contributed by atoms with Gasteiger partial charge in [-0.15, -0.1) is 0 Å². The fourth-order valence-corrected chi connectivity index (χ4v) is 4.33. The Morgan fingerprint density at radius 3 is 2.65 bits per heavy atom. The van der Waals surface area contributed by atoms with Gasteiger partial charge in [0.25, 0.3) is 5.56 Å². The molecule has 4 heterocycles. The Morgan fingerprint density at radius 1 is 1.13 bits per heavy atom. The summed E-state index contributed by atoms with van der Waals surface area (Å²) in [5.41, 5.74) is 0.661. The highest BCUT2D eigenvalue weighted by Gasteiger charge is 2.38. The summed E-state index contributed by atoms with van der Waals surface area (Å²) in [4.78, 5) is 26.3.